The van der Waals surface area contributed by atoms with Gasteiger partial charge in [0.15, 0.2) is 0 Å². The summed E-state index contributed by atoms with van der Waals surface area (Å²) in [6.45, 7) is 6.64. The zero-order valence-corrected chi connectivity index (χ0v) is 15.2. The molecular formula is C21H22N2O3. The molecule has 0 bridgehead atoms. The van der Waals surface area contributed by atoms with E-state index in [4.69, 9.17) is 10.00 Å². The van der Waals surface area contributed by atoms with Crippen molar-refractivity contribution in [3.63, 3.8) is 0 Å². The van der Waals surface area contributed by atoms with Gasteiger partial charge < -0.3 is 10.1 Å². The Balaban J connectivity index is 1.91. The molecule has 0 fully saturated rings. The van der Waals surface area contributed by atoms with Gasteiger partial charge in [-0.2, -0.15) is 5.26 Å². The largest absolute Gasteiger partial charge is 0.457 e. The molecule has 0 atom stereocenters. The first-order chi connectivity index (χ1) is 12.3. The second-order valence-corrected chi connectivity index (χ2v) is 6.98. The number of rotatable bonds is 5. The predicted molar refractivity (Wildman–Crippen MR) is 99.6 cm³/mol. The molecule has 1 N–H and O–H groups in total. The average molecular weight is 350 g/mol. The van der Waals surface area contributed by atoms with Crippen LogP contribution in [0, 0.1) is 11.3 Å². The summed E-state index contributed by atoms with van der Waals surface area (Å²) in [5.74, 6) is -0.818. The van der Waals surface area contributed by atoms with Crippen LogP contribution in [0.4, 0.5) is 5.69 Å². The quantitative estimate of drug-likeness (QED) is 0.820. The van der Waals surface area contributed by atoms with E-state index in [0.717, 1.165) is 5.56 Å². The van der Waals surface area contributed by atoms with Gasteiger partial charge in [-0.3, -0.25) is 4.79 Å². The molecule has 0 aliphatic rings. The lowest BCUT2D eigenvalue weighted by Gasteiger charge is -2.19. The number of nitriles is 1. The first-order valence-corrected chi connectivity index (χ1v) is 8.33. The van der Waals surface area contributed by atoms with Crippen molar-refractivity contribution in [2.24, 2.45) is 0 Å². The number of hydrogen-bond acceptors (Lipinski definition) is 4. The normalized spacial score (nSPS) is 10.7. The highest BCUT2D eigenvalue weighted by Gasteiger charge is 2.13. The second kappa shape index (κ2) is 8.30. The van der Waals surface area contributed by atoms with Gasteiger partial charge in [0, 0.05) is 5.69 Å². The fourth-order valence-corrected chi connectivity index (χ4v) is 2.30. The van der Waals surface area contributed by atoms with Gasteiger partial charge in [-0.25, -0.2) is 4.79 Å². The molecule has 1 amide bonds. The van der Waals surface area contributed by atoms with E-state index in [1.807, 2.05) is 24.3 Å². The molecule has 0 saturated heterocycles. The number of nitrogens with one attached hydrogen (secondary N) is 1. The molecule has 0 aromatic heterocycles. The number of benzene rings is 2. The first-order valence-electron chi connectivity index (χ1n) is 8.33. The zero-order chi connectivity index (χ0) is 19.2. The number of carbonyl (C=O) groups excluding carboxylic acids is 2. The van der Waals surface area contributed by atoms with Crippen LogP contribution in [0.1, 0.15) is 48.7 Å². The minimum Gasteiger partial charge on any atom is -0.457 e. The van der Waals surface area contributed by atoms with Crippen LogP contribution in [-0.2, 0) is 21.6 Å². The van der Waals surface area contributed by atoms with Crippen LogP contribution < -0.4 is 5.32 Å². The molecule has 0 unspecified atom stereocenters. The third-order valence-corrected chi connectivity index (χ3v) is 3.83. The van der Waals surface area contributed by atoms with E-state index in [2.05, 4.69) is 26.1 Å². The molecule has 0 saturated carbocycles. The summed E-state index contributed by atoms with van der Waals surface area (Å²) in [6.07, 6.45) is -0.211. The van der Waals surface area contributed by atoms with Gasteiger partial charge in [0.1, 0.15) is 13.0 Å². The average Bonchev–Trinajstić information content (AvgIpc) is 2.60. The van der Waals surface area contributed by atoms with Gasteiger partial charge >= 0.3 is 5.97 Å². The Morgan fingerprint density at radius 3 is 2.19 bits per heavy atom. The Morgan fingerprint density at radius 2 is 1.65 bits per heavy atom. The molecule has 26 heavy (non-hydrogen) atoms. The number of esters is 1. The molecule has 2 rings (SSSR count). The van der Waals surface area contributed by atoms with Crippen molar-refractivity contribution >= 4 is 17.6 Å². The van der Waals surface area contributed by atoms with Crippen molar-refractivity contribution in [1.82, 2.24) is 0 Å². The highest BCUT2D eigenvalue weighted by molar-refractivity contribution is 5.93. The molecule has 5 heteroatoms. The van der Waals surface area contributed by atoms with Crippen molar-refractivity contribution in [2.45, 2.75) is 39.2 Å². The zero-order valence-electron chi connectivity index (χ0n) is 15.2. The summed E-state index contributed by atoms with van der Waals surface area (Å²) in [5.41, 5.74) is 3.15. The maximum absolute atomic E-state index is 12.1. The van der Waals surface area contributed by atoms with Gasteiger partial charge in [-0.15, -0.1) is 0 Å². The number of anilines is 1. The van der Waals surface area contributed by atoms with E-state index in [1.54, 1.807) is 30.3 Å². The van der Waals surface area contributed by atoms with Crippen LogP contribution in [0.15, 0.2) is 48.5 Å². The topological polar surface area (TPSA) is 79.2 Å². The molecule has 0 radical (unpaired) electrons. The maximum atomic E-state index is 12.1. The van der Waals surface area contributed by atoms with Crippen molar-refractivity contribution in [1.29, 1.82) is 5.26 Å². The Morgan fingerprint density at radius 1 is 1.04 bits per heavy atom. The monoisotopic (exact) mass is 350 g/mol. The fraction of sp³-hybridized carbons (Fsp3) is 0.286. The Hall–Kier alpha value is -3.13. The number of ether oxygens (including phenoxy) is 1. The Kier molecular flexibility index (Phi) is 6.13. The van der Waals surface area contributed by atoms with Crippen LogP contribution in [-0.4, -0.2) is 11.9 Å². The first kappa shape index (κ1) is 19.2. The summed E-state index contributed by atoms with van der Waals surface area (Å²) < 4.78 is 5.33. The van der Waals surface area contributed by atoms with Gasteiger partial charge in [0.05, 0.1) is 11.6 Å². The van der Waals surface area contributed by atoms with E-state index in [-0.39, 0.29) is 24.3 Å². The minimum absolute atomic E-state index is 0.0829. The number of amides is 1. The van der Waals surface area contributed by atoms with Crippen molar-refractivity contribution in [3.8, 4) is 6.07 Å². The van der Waals surface area contributed by atoms with E-state index in [0.29, 0.717) is 11.3 Å². The van der Waals surface area contributed by atoms with Gasteiger partial charge in [-0.1, -0.05) is 45.0 Å². The van der Waals surface area contributed by atoms with E-state index < -0.39 is 5.97 Å². The molecule has 2 aromatic carbocycles. The summed E-state index contributed by atoms with van der Waals surface area (Å²) in [7, 11) is 0. The standard InChI is InChI=1S/C21H22N2O3/c1-21(2,3)17-8-4-15(5-9-17)14-26-20(25)16-6-10-18(11-7-16)23-19(24)12-13-22/h4-11H,12,14H2,1-3H3,(H,23,24). The maximum Gasteiger partial charge on any atom is 0.338 e. The van der Waals surface area contributed by atoms with Crippen LogP contribution in [0.25, 0.3) is 0 Å². The summed E-state index contributed by atoms with van der Waals surface area (Å²) in [4.78, 5) is 23.5. The van der Waals surface area contributed by atoms with Gasteiger partial charge in [0.25, 0.3) is 0 Å². The lowest BCUT2D eigenvalue weighted by Crippen LogP contribution is -2.11. The van der Waals surface area contributed by atoms with Crippen LogP contribution in [0.5, 0.6) is 0 Å². The molecule has 2 aromatic rings. The van der Waals surface area contributed by atoms with Crippen LogP contribution in [0.3, 0.4) is 0 Å². The van der Waals surface area contributed by atoms with Crippen LogP contribution >= 0.6 is 0 Å². The molecule has 0 heterocycles. The predicted octanol–water partition coefficient (Wildman–Crippen LogP) is 4.19. The molecular weight excluding hydrogens is 328 g/mol. The summed E-state index contributed by atoms with van der Waals surface area (Å²) in [6, 6.07) is 16.1. The highest BCUT2D eigenvalue weighted by Crippen LogP contribution is 2.22. The lowest BCUT2D eigenvalue weighted by molar-refractivity contribution is -0.115. The van der Waals surface area contributed by atoms with Crippen molar-refractivity contribution in [3.05, 3.63) is 65.2 Å². The molecule has 0 aliphatic heterocycles. The number of nitrogens with zero attached hydrogens (tertiary/aromatic N) is 1. The molecule has 0 aliphatic carbocycles. The molecule has 0 spiro atoms. The third-order valence-electron chi connectivity index (χ3n) is 3.83. The number of carbonyl (C=O) groups is 2. The van der Waals surface area contributed by atoms with Gasteiger partial charge in [-0.05, 0) is 40.8 Å². The number of hydrogen-bond donors (Lipinski definition) is 1. The van der Waals surface area contributed by atoms with E-state index in [1.165, 1.54) is 5.56 Å². The highest BCUT2D eigenvalue weighted by atomic mass is 16.5. The summed E-state index contributed by atoms with van der Waals surface area (Å²) in [5, 5.41) is 11.0. The minimum atomic E-state index is -0.431. The smallest absolute Gasteiger partial charge is 0.338 e. The second-order valence-electron chi connectivity index (χ2n) is 6.98. The molecule has 134 valence electrons. The third kappa shape index (κ3) is 5.45. The van der Waals surface area contributed by atoms with Crippen molar-refractivity contribution in [2.75, 3.05) is 5.32 Å². The Labute approximate surface area is 153 Å². The SMILES string of the molecule is CC(C)(C)c1ccc(COC(=O)c2ccc(NC(=O)CC#N)cc2)cc1. The van der Waals surface area contributed by atoms with Crippen LogP contribution in [0.2, 0.25) is 0 Å². The van der Waals surface area contributed by atoms with E-state index >= 15 is 0 Å². The Bertz CT molecular complexity index is 810. The fourth-order valence-electron chi connectivity index (χ4n) is 2.30. The molecule has 5 nitrogen and oxygen atoms in total. The summed E-state index contributed by atoms with van der Waals surface area (Å²) >= 11 is 0. The lowest BCUT2D eigenvalue weighted by atomic mass is 9.87. The van der Waals surface area contributed by atoms with Crippen molar-refractivity contribution < 1.29 is 14.3 Å². The van der Waals surface area contributed by atoms with Gasteiger partial charge in [0.2, 0.25) is 5.91 Å². The van der Waals surface area contributed by atoms with E-state index in [9.17, 15) is 9.59 Å².